The quantitative estimate of drug-likeness (QED) is 0.637. The van der Waals surface area contributed by atoms with Gasteiger partial charge in [0.1, 0.15) is 5.69 Å². The fourth-order valence-electron chi connectivity index (χ4n) is 3.06. The normalized spacial score (nSPS) is 17.2. The summed E-state index contributed by atoms with van der Waals surface area (Å²) in [5, 5.41) is 20.3. The molecule has 110 valence electrons. The fraction of sp³-hybridized carbons (Fsp3) is 0.235. The highest BCUT2D eigenvalue weighted by Gasteiger charge is 2.30. The van der Waals surface area contributed by atoms with Gasteiger partial charge in [0, 0.05) is 12.6 Å². The topological polar surface area (TPSA) is 70.2 Å². The summed E-state index contributed by atoms with van der Waals surface area (Å²) in [6.45, 7) is 0.784. The number of benzene rings is 2. The molecule has 0 spiro atoms. The molecule has 1 atom stereocenters. The minimum atomic E-state index is -0.406. The molecule has 5 heteroatoms. The molecule has 1 unspecified atom stereocenters. The number of hydrogen-bond donors (Lipinski definition) is 0. The summed E-state index contributed by atoms with van der Waals surface area (Å²) >= 11 is 0. The monoisotopic (exact) mass is 293 g/mol. The van der Waals surface area contributed by atoms with Crippen LogP contribution >= 0.6 is 0 Å². The van der Waals surface area contributed by atoms with Gasteiger partial charge in [0.25, 0.3) is 5.69 Å². The van der Waals surface area contributed by atoms with E-state index in [9.17, 15) is 10.1 Å². The third kappa shape index (κ3) is 2.51. The first kappa shape index (κ1) is 14.1. The van der Waals surface area contributed by atoms with Crippen LogP contribution in [0.3, 0.4) is 0 Å². The Morgan fingerprint density at radius 3 is 2.68 bits per heavy atom. The second kappa shape index (κ2) is 5.86. The molecule has 0 N–H and O–H groups in total. The minimum Gasteiger partial charge on any atom is -0.359 e. The van der Waals surface area contributed by atoms with E-state index in [-0.39, 0.29) is 11.7 Å². The van der Waals surface area contributed by atoms with E-state index in [2.05, 4.69) is 17.0 Å². The summed E-state index contributed by atoms with van der Waals surface area (Å²) in [4.78, 5) is 13.0. The smallest absolute Gasteiger partial charge is 0.293 e. The Morgan fingerprint density at radius 2 is 2.00 bits per heavy atom. The van der Waals surface area contributed by atoms with E-state index in [0.717, 1.165) is 19.4 Å². The lowest BCUT2D eigenvalue weighted by Crippen LogP contribution is -2.23. The van der Waals surface area contributed by atoms with Crippen molar-refractivity contribution in [2.45, 2.75) is 18.9 Å². The van der Waals surface area contributed by atoms with Gasteiger partial charge in [0.2, 0.25) is 0 Å². The Hall–Kier alpha value is -2.87. The summed E-state index contributed by atoms with van der Waals surface area (Å²) in [6, 6.07) is 16.8. The molecular formula is C17H15N3O2. The van der Waals surface area contributed by atoms with E-state index < -0.39 is 4.92 Å². The highest BCUT2D eigenvalue weighted by atomic mass is 16.6. The van der Waals surface area contributed by atoms with Crippen molar-refractivity contribution >= 4 is 11.4 Å². The predicted molar refractivity (Wildman–Crippen MR) is 83.6 cm³/mol. The maximum absolute atomic E-state index is 11.4. The Bertz CT molecular complexity index is 737. The maximum Gasteiger partial charge on any atom is 0.293 e. The number of anilines is 1. The summed E-state index contributed by atoms with van der Waals surface area (Å²) in [6.07, 6.45) is 1.97. The average Bonchev–Trinajstić information content (AvgIpc) is 3.04. The molecule has 3 rings (SSSR count). The number of nitro groups is 1. The van der Waals surface area contributed by atoms with Crippen LogP contribution in [-0.4, -0.2) is 11.5 Å². The second-order valence-electron chi connectivity index (χ2n) is 5.33. The zero-order valence-corrected chi connectivity index (χ0v) is 12.0. The lowest BCUT2D eigenvalue weighted by Gasteiger charge is -2.27. The van der Waals surface area contributed by atoms with Gasteiger partial charge in [-0.1, -0.05) is 30.3 Å². The molecule has 22 heavy (non-hydrogen) atoms. The molecule has 5 nitrogen and oxygen atoms in total. The van der Waals surface area contributed by atoms with E-state index in [1.54, 1.807) is 12.1 Å². The average molecular weight is 293 g/mol. The first-order valence-electron chi connectivity index (χ1n) is 7.21. The van der Waals surface area contributed by atoms with Gasteiger partial charge < -0.3 is 4.90 Å². The van der Waals surface area contributed by atoms with Gasteiger partial charge in [-0.25, -0.2) is 0 Å². The summed E-state index contributed by atoms with van der Waals surface area (Å²) < 4.78 is 0. The van der Waals surface area contributed by atoms with Gasteiger partial charge in [0.15, 0.2) is 0 Å². The van der Waals surface area contributed by atoms with Crippen LogP contribution in [0.15, 0.2) is 48.5 Å². The molecule has 0 saturated carbocycles. The summed E-state index contributed by atoms with van der Waals surface area (Å²) in [5.41, 5.74) is 2.07. The van der Waals surface area contributed by atoms with Crippen LogP contribution in [0.2, 0.25) is 0 Å². The van der Waals surface area contributed by atoms with Crippen molar-refractivity contribution in [1.82, 2.24) is 0 Å². The fourth-order valence-corrected chi connectivity index (χ4v) is 3.06. The highest BCUT2D eigenvalue weighted by Crippen LogP contribution is 2.40. The molecule has 0 aromatic heterocycles. The lowest BCUT2D eigenvalue weighted by molar-refractivity contribution is -0.384. The van der Waals surface area contributed by atoms with Crippen LogP contribution in [0.1, 0.15) is 30.0 Å². The lowest BCUT2D eigenvalue weighted by atomic mass is 10.0. The third-order valence-electron chi connectivity index (χ3n) is 4.05. The number of nitro benzene ring substituents is 1. The maximum atomic E-state index is 11.4. The van der Waals surface area contributed by atoms with E-state index in [0.29, 0.717) is 11.3 Å². The van der Waals surface area contributed by atoms with Gasteiger partial charge >= 0.3 is 0 Å². The van der Waals surface area contributed by atoms with Crippen molar-refractivity contribution in [1.29, 1.82) is 5.26 Å². The summed E-state index contributed by atoms with van der Waals surface area (Å²) in [7, 11) is 0. The van der Waals surface area contributed by atoms with Crippen LogP contribution in [0.25, 0.3) is 0 Å². The van der Waals surface area contributed by atoms with Gasteiger partial charge in [-0.2, -0.15) is 5.26 Å². The molecule has 1 saturated heterocycles. The molecule has 2 aromatic carbocycles. The van der Waals surface area contributed by atoms with Gasteiger partial charge in [-0.3, -0.25) is 10.1 Å². The number of nitrogens with zero attached hydrogens (tertiary/aromatic N) is 3. The van der Waals surface area contributed by atoms with Crippen LogP contribution in [0.5, 0.6) is 0 Å². The molecule has 1 fully saturated rings. The van der Waals surface area contributed by atoms with Crippen molar-refractivity contribution in [2.24, 2.45) is 0 Å². The Morgan fingerprint density at radius 1 is 1.23 bits per heavy atom. The number of nitriles is 1. The van der Waals surface area contributed by atoms with Crippen molar-refractivity contribution in [3.05, 3.63) is 69.8 Å². The standard InChI is InChI=1S/C17H15N3O2/c18-12-13-8-9-16(17(11-13)20(21)22)19-10-4-7-15(19)14-5-2-1-3-6-14/h1-3,5-6,8-9,11,15H,4,7,10H2. The molecular weight excluding hydrogens is 278 g/mol. The zero-order valence-electron chi connectivity index (χ0n) is 12.0. The molecule has 0 radical (unpaired) electrons. The molecule has 0 bridgehead atoms. The van der Waals surface area contributed by atoms with Crippen LogP contribution in [-0.2, 0) is 0 Å². The SMILES string of the molecule is N#Cc1ccc(N2CCCC2c2ccccc2)c([N+](=O)[O-])c1. The Labute approximate surface area is 128 Å². The van der Waals surface area contributed by atoms with Crippen LogP contribution < -0.4 is 4.90 Å². The van der Waals surface area contributed by atoms with E-state index in [4.69, 9.17) is 5.26 Å². The first-order valence-corrected chi connectivity index (χ1v) is 7.21. The number of hydrogen-bond acceptors (Lipinski definition) is 4. The number of rotatable bonds is 3. The largest absolute Gasteiger partial charge is 0.359 e. The van der Waals surface area contributed by atoms with Crippen molar-refractivity contribution in [2.75, 3.05) is 11.4 Å². The summed E-state index contributed by atoms with van der Waals surface area (Å²) in [5.74, 6) is 0. The van der Waals surface area contributed by atoms with Crippen LogP contribution in [0.4, 0.5) is 11.4 Å². The molecule has 1 aliphatic rings. The predicted octanol–water partition coefficient (Wildman–Crippen LogP) is 3.81. The Balaban J connectivity index is 2.03. The third-order valence-corrected chi connectivity index (χ3v) is 4.05. The second-order valence-corrected chi connectivity index (χ2v) is 5.33. The van der Waals surface area contributed by atoms with Gasteiger partial charge in [-0.15, -0.1) is 0 Å². The Kier molecular flexibility index (Phi) is 3.75. The first-order chi connectivity index (χ1) is 10.7. The molecule has 1 heterocycles. The molecule has 0 aliphatic carbocycles. The van der Waals surface area contributed by atoms with Crippen molar-refractivity contribution in [3.63, 3.8) is 0 Å². The minimum absolute atomic E-state index is 0.00174. The van der Waals surface area contributed by atoms with Crippen molar-refractivity contribution in [3.8, 4) is 6.07 Å². The molecule has 2 aromatic rings. The van der Waals surface area contributed by atoms with E-state index in [1.165, 1.54) is 11.6 Å². The van der Waals surface area contributed by atoms with Gasteiger partial charge in [-0.05, 0) is 30.5 Å². The van der Waals surface area contributed by atoms with Gasteiger partial charge in [0.05, 0.1) is 22.6 Å². The highest BCUT2D eigenvalue weighted by molar-refractivity contribution is 5.67. The molecule has 1 aliphatic heterocycles. The van der Waals surface area contributed by atoms with Crippen molar-refractivity contribution < 1.29 is 4.92 Å². The zero-order chi connectivity index (χ0) is 15.5. The van der Waals surface area contributed by atoms with E-state index >= 15 is 0 Å². The van der Waals surface area contributed by atoms with E-state index in [1.807, 2.05) is 24.3 Å². The molecule has 0 amide bonds. The van der Waals surface area contributed by atoms with Crippen LogP contribution in [0, 0.1) is 21.4 Å².